The highest BCUT2D eigenvalue weighted by atomic mass is 16.5. The van der Waals surface area contributed by atoms with Crippen molar-refractivity contribution in [3.05, 3.63) is 0 Å². The fourth-order valence-corrected chi connectivity index (χ4v) is 3.12. The van der Waals surface area contributed by atoms with Crippen LogP contribution in [-0.2, 0) is 9.53 Å². The van der Waals surface area contributed by atoms with Crippen molar-refractivity contribution in [2.45, 2.75) is 71.8 Å². The van der Waals surface area contributed by atoms with Gasteiger partial charge in [0, 0.05) is 6.42 Å². The Morgan fingerprint density at radius 1 is 1.37 bits per heavy atom. The minimum absolute atomic E-state index is 0.0437. The van der Waals surface area contributed by atoms with E-state index < -0.39 is 0 Å². The Kier molecular flexibility index (Phi) is 7.44. The molecule has 1 rings (SSSR count). The summed E-state index contributed by atoms with van der Waals surface area (Å²) >= 11 is 0. The second-order valence-electron chi connectivity index (χ2n) is 6.49. The third-order valence-corrected chi connectivity index (χ3v) is 4.20. The predicted molar refractivity (Wildman–Crippen MR) is 78.7 cm³/mol. The number of rotatable bonds is 7. The van der Waals surface area contributed by atoms with Crippen molar-refractivity contribution < 1.29 is 9.53 Å². The summed E-state index contributed by atoms with van der Waals surface area (Å²) in [5.74, 6) is 1.56. The van der Waals surface area contributed by atoms with E-state index in [9.17, 15) is 4.79 Å². The molecule has 3 heteroatoms. The van der Waals surface area contributed by atoms with Gasteiger partial charge in [0.1, 0.15) is 6.10 Å². The minimum Gasteiger partial charge on any atom is -0.462 e. The van der Waals surface area contributed by atoms with E-state index in [0.717, 1.165) is 25.2 Å². The highest BCUT2D eigenvalue weighted by Gasteiger charge is 2.24. The molecule has 1 aliphatic carbocycles. The summed E-state index contributed by atoms with van der Waals surface area (Å²) in [5, 5.41) is 0. The molecule has 1 fully saturated rings. The van der Waals surface area contributed by atoms with Crippen LogP contribution in [0.3, 0.4) is 0 Å². The van der Waals surface area contributed by atoms with Gasteiger partial charge in [-0.05, 0) is 50.0 Å². The Labute approximate surface area is 118 Å². The zero-order valence-electron chi connectivity index (χ0n) is 12.9. The lowest BCUT2D eigenvalue weighted by Crippen LogP contribution is -2.28. The molecule has 0 aromatic carbocycles. The van der Waals surface area contributed by atoms with Crippen LogP contribution in [0.2, 0.25) is 0 Å². The standard InChI is InChI=1S/C16H31NO2/c1-4-13-6-5-7-15(9-13)19-16(18)10-14(11-17)8-12(2)3/h12-15H,4-11,17H2,1-3H3. The van der Waals surface area contributed by atoms with Crippen molar-refractivity contribution in [3.8, 4) is 0 Å². The van der Waals surface area contributed by atoms with Crippen molar-refractivity contribution in [2.75, 3.05) is 6.54 Å². The number of nitrogens with two attached hydrogens (primary N) is 1. The monoisotopic (exact) mass is 269 g/mol. The first kappa shape index (κ1) is 16.5. The molecule has 0 amide bonds. The summed E-state index contributed by atoms with van der Waals surface area (Å²) in [7, 11) is 0. The second kappa shape index (κ2) is 8.57. The van der Waals surface area contributed by atoms with Crippen LogP contribution in [0.5, 0.6) is 0 Å². The summed E-state index contributed by atoms with van der Waals surface area (Å²) in [5.41, 5.74) is 5.74. The van der Waals surface area contributed by atoms with Crippen molar-refractivity contribution in [2.24, 2.45) is 23.5 Å². The number of hydrogen-bond acceptors (Lipinski definition) is 3. The van der Waals surface area contributed by atoms with Gasteiger partial charge in [0.15, 0.2) is 0 Å². The molecule has 0 heterocycles. The van der Waals surface area contributed by atoms with E-state index in [4.69, 9.17) is 10.5 Å². The lowest BCUT2D eigenvalue weighted by atomic mass is 9.85. The molecule has 1 saturated carbocycles. The van der Waals surface area contributed by atoms with Gasteiger partial charge in [0.05, 0.1) is 0 Å². The summed E-state index contributed by atoms with van der Waals surface area (Å²) in [6, 6.07) is 0. The maximum atomic E-state index is 12.0. The number of ether oxygens (including phenoxy) is 1. The van der Waals surface area contributed by atoms with Gasteiger partial charge in [-0.3, -0.25) is 4.79 Å². The largest absolute Gasteiger partial charge is 0.462 e. The van der Waals surface area contributed by atoms with Gasteiger partial charge >= 0.3 is 5.97 Å². The highest BCUT2D eigenvalue weighted by molar-refractivity contribution is 5.69. The second-order valence-corrected chi connectivity index (χ2v) is 6.49. The number of hydrogen-bond donors (Lipinski definition) is 1. The minimum atomic E-state index is -0.0437. The molecular formula is C16H31NO2. The van der Waals surface area contributed by atoms with Crippen LogP contribution < -0.4 is 5.73 Å². The normalized spacial score (nSPS) is 25.3. The molecule has 2 N–H and O–H groups in total. The third kappa shape index (κ3) is 6.42. The maximum Gasteiger partial charge on any atom is 0.306 e. The smallest absolute Gasteiger partial charge is 0.306 e. The molecule has 0 spiro atoms. The van der Waals surface area contributed by atoms with E-state index in [1.165, 1.54) is 19.3 Å². The van der Waals surface area contributed by atoms with E-state index in [1.54, 1.807) is 0 Å². The summed E-state index contributed by atoms with van der Waals surface area (Å²) in [6.45, 7) is 7.14. The molecule has 112 valence electrons. The van der Waals surface area contributed by atoms with E-state index in [0.29, 0.717) is 18.9 Å². The van der Waals surface area contributed by atoms with Crippen LogP contribution in [-0.4, -0.2) is 18.6 Å². The van der Waals surface area contributed by atoms with Crippen LogP contribution in [0.1, 0.15) is 65.7 Å². The van der Waals surface area contributed by atoms with Gasteiger partial charge in [-0.15, -0.1) is 0 Å². The fourth-order valence-electron chi connectivity index (χ4n) is 3.12. The van der Waals surface area contributed by atoms with Gasteiger partial charge in [0.2, 0.25) is 0 Å². The number of carbonyl (C=O) groups excluding carboxylic acids is 1. The molecule has 3 nitrogen and oxygen atoms in total. The lowest BCUT2D eigenvalue weighted by molar-refractivity contribution is -0.152. The van der Waals surface area contributed by atoms with Crippen LogP contribution in [0, 0.1) is 17.8 Å². The SMILES string of the molecule is CCC1CCCC(OC(=O)CC(CN)CC(C)C)C1. The van der Waals surface area contributed by atoms with Crippen LogP contribution in [0.25, 0.3) is 0 Å². The van der Waals surface area contributed by atoms with Crippen LogP contribution >= 0.6 is 0 Å². The maximum absolute atomic E-state index is 12.0. The third-order valence-electron chi connectivity index (χ3n) is 4.20. The summed E-state index contributed by atoms with van der Waals surface area (Å²) < 4.78 is 5.64. The lowest BCUT2D eigenvalue weighted by Gasteiger charge is -2.28. The number of carbonyl (C=O) groups is 1. The predicted octanol–water partition coefficient (Wildman–Crippen LogP) is 3.51. The zero-order valence-corrected chi connectivity index (χ0v) is 12.9. The first-order chi connectivity index (χ1) is 9.05. The summed E-state index contributed by atoms with van der Waals surface area (Å²) in [6.07, 6.45) is 7.44. The molecule has 0 saturated heterocycles. The van der Waals surface area contributed by atoms with Crippen molar-refractivity contribution in [1.29, 1.82) is 0 Å². The van der Waals surface area contributed by atoms with Crippen molar-refractivity contribution in [3.63, 3.8) is 0 Å². The molecular weight excluding hydrogens is 238 g/mol. The van der Waals surface area contributed by atoms with E-state index in [-0.39, 0.29) is 18.0 Å². The van der Waals surface area contributed by atoms with Gasteiger partial charge in [-0.2, -0.15) is 0 Å². The van der Waals surface area contributed by atoms with Gasteiger partial charge in [0.25, 0.3) is 0 Å². The average Bonchev–Trinajstić information content (AvgIpc) is 2.37. The molecule has 19 heavy (non-hydrogen) atoms. The molecule has 1 aliphatic rings. The first-order valence-electron chi connectivity index (χ1n) is 7.94. The number of esters is 1. The van der Waals surface area contributed by atoms with Crippen molar-refractivity contribution in [1.82, 2.24) is 0 Å². The Balaban J connectivity index is 2.33. The highest BCUT2D eigenvalue weighted by Crippen LogP contribution is 2.29. The average molecular weight is 269 g/mol. The summed E-state index contributed by atoms with van der Waals surface area (Å²) in [4.78, 5) is 12.0. The molecule has 0 radical (unpaired) electrons. The molecule has 0 aromatic rings. The quantitative estimate of drug-likeness (QED) is 0.720. The molecule has 3 unspecified atom stereocenters. The van der Waals surface area contributed by atoms with Gasteiger partial charge < -0.3 is 10.5 Å². The Morgan fingerprint density at radius 2 is 2.11 bits per heavy atom. The Hall–Kier alpha value is -0.570. The van der Waals surface area contributed by atoms with E-state index >= 15 is 0 Å². The van der Waals surface area contributed by atoms with Gasteiger partial charge in [-0.1, -0.05) is 33.6 Å². The topological polar surface area (TPSA) is 52.3 Å². The van der Waals surface area contributed by atoms with E-state index in [2.05, 4.69) is 20.8 Å². The molecule has 0 bridgehead atoms. The van der Waals surface area contributed by atoms with Gasteiger partial charge in [-0.25, -0.2) is 0 Å². The Bertz CT molecular complexity index is 265. The molecule has 3 atom stereocenters. The van der Waals surface area contributed by atoms with Crippen LogP contribution in [0.15, 0.2) is 0 Å². The van der Waals surface area contributed by atoms with Crippen LogP contribution in [0.4, 0.5) is 0 Å². The van der Waals surface area contributed by atoms with Crippen molar-refractivity contribution >= 4 is 5.97 Å². The zero-order chi connectivity index (χ0) is 14.3. The Morgan fingerprint density at radius 3 is 2.68 bits per heavy atom. The first-order valence-corrected chi connectivity index (χ1v) is 7.94. The van der Waals surface area contributed by atoms with E-state index in [1.807, 2.05) is 0 Å². The fraction of sp³-hybridized carbons (Fsp3) is 0.938. The molecule has 0 aromatic heterocycles. The molecule has 0 aliphatic heterocycles.